The first kappa shape index (κ1) is 23.7. The van der Waals surface area contributed by atoms with Gasteiger partial charge in [0.1, 0.15) is 5.75 Å². The third kappa shape index (κ3) is 5.57. The number of halogens is 1. The lowest BCUT2D eigenvalue weighted by molar-refractivity contribution is -0.121. The topological polar surface area (TPSA) is 102 Å². The molecule has 0 saturated carbocycles. The molecular formula is C18H30ClN3O4S. The molecule has 0 bridgehead atoms. The molecule has 7 nitrogen and oxygen atoms in total. The van der Waals surface area contributed by atoms with E-state index in [1.54, 1.807) is 19.2 Å². The second-order valence-electron chi connectivity index (χ2n) is 6.70. The van der Waals surface area contributed by atoms with E-state index >= 15 is 0 Å². The third-order valence-electron chi connectivity index (χ3n) is 4.72. The van der Waals surface area contributed by atoms with E-state index in [1.165, 1.54) is 4.31 Å². The monoisotopic (exact) mass is 419 g/mol. The Labute approximate surface area is 168 Å². The van der Waals surface area contributed by atoms with Crippen LogP contribution in [0.15, 0.2) is 17.0 Å². The van der Waals surface area contributed by atoms with E-state index in [0.29, 0.717) is 18.8 Å². The van der Waals surface area contributed by atoms with Crippen molar-refractivity contribution in [2.75, 3.05) is 26.7 Å². The maximum atomic E-state index is 13.2. The summed E-state index contributed by atoms with van der Waals surface area (Å²) in [5.41, 5.74) is 6.96. The number of aryl methyl sites for hydroxylation is 2. The highest BCUT2D eigenvalue weighted by molar-refractivity contribution is 7.89. The van der Waals surface area contributed by atoms with E-state index in [2.05, 4.69) is 5.32 Å². The van der Waals surface area contributed by atoms with Crippen LogP contribution in [0.1, 0.15) is 36.8 Å². The van der Waals surface area contributed by atoms with Crippen molar-refractivity contribution in [2.24, 2.45) is 5.73 Å². The third-order valence-corrected chi connectivity index (χ3v) is 6.65. The summed E-state index contributed by atoms with van der Waals surface area (Å²) in [7, 11) is -2.06. The summed E-state index contributed by atoms with van der Waals surface area (Å²) in [6.45, 7) is 4.73. The van der Waals surface area contributed by atoms with Gasteiger partial charge in [-0.15, -0.1) is 12.4 Å². The molecule has 154 valence electrons. The van der Waals surface area contributed by atoms with E-state index in [0.717, 1.165) is 30.4 Å². The molecule has 1 unspecified atom stereocenters. The number of ether oxygens (including phenoxy) is 1. The van der Waals surface area contributed by atoms with Crippen LogP contribution in [-0.2, 0) is 14.8 Å². The zero-order valence-corrected chi connectivity index (χ0v) is 17.8. The molecule has 27 heavy (non-hydrogen) atoms. The summed E-state index contributed by atoms with van der Waals surface area (Å²) in [4.78, 5) is 12.0. The number of nitrogens with zero attached hydrogens (tertiary/aromatic N) is 1. The van der Waals surface area contributed by atoms with Gasteiger partial charge in [-0.3, -0.25) is 4.79 Å². The Balaban J connectivity index is 0.00000364. The van der Waals surface area contributed by atoms with E-state index in [1.807, 2.05) is 13.8 Å². The molecule has 1 amide bonds. The average Bonchev–Trinajstić information content (AvgIpc) is 2.60. The number of hydrogen-bond donors (Lipinski definition) is 2. The lowest BCUT2D eigenvalue weighted by Crippen LogP contribution is -2.49. The van der Waals surface area contributed by atoms with Gasteiger partial charge in [0.25, 0.3) is 0 Å². The van der Waals surface area contributed by atoms with Crippen molar-refractivity contribution in [1.29, 1.82) is 0 Å². The van der Waals surface area contributed by atoms with Crippen molar-refractivity contribution in [2.45, 2.75) is 50.5 Å². The molecule has 1 saturated heterocycles. The van der Waals surface area contributed by atoms with Crippen LogP contribution in [0.5, 0.6) is 5.75 Å². The molecule has 1 aromatic carbocycles. The van der Waals surface area contributed by atoms with Gasteiger partial charge < -0.3 is 15.8 Å². The highest BCUT2D eigenvalue weighted by Crippen LogP contribution is 2.30. The number of methoxy groups -OCH3 is 1. The second-order valence-corrected chi connectivity index (χ2v) is 8.59. The van der Waals surface area contributed by atoms with Crippen LogP contribution in [0.4, 0.5) is 0 Å². The highest BCUT2D eigenvalue weighted by atomic mass is 35.5. The van der Waals surface area contributed by atoms with Gasteiger partial charge >= 0.3 is 0 Å². The van der Waals surface area contributed by atoms with E-state index in [9.17, 15) is 13.2 Å². The summed E-state index contributed by atoms with van der Waals surface area (Å²) >= 11 is 0. The van der Waals surface area contributed by atoms with Crippen LogP contribution in [-0.4, -0.2) is 51.4 Å². The molecule has 1 fully saturated rings. The number of carbonyl (C=O) groups excluding carboxylic acids is 1. The largest absolute Gasteiger partial charge is 0.496 e. The van der Waals surface area contributed by atoms with Gasteiger partial charge in [-0.2, -0.15) is 4.31 Å². The minimum absolute atomic E-state index is 0. The predicted molar refractivity (Wildman–Crippen MR) is 108 cm³/mol. The molecule has 9 heteroatoms. The number of rotatable bonds is 7. The summed E-state index contributed by atoms with van der Waals surface area (Å²) in [6, 6.07) is 3.07. The van der Waals surface area contributed by atoms with Gasteiger partial charge in [0.05, 0.1) is 12.0 Å². The normalized spacial score (nSPS) is 17.9. The molecule has 1 aliphatic heterocycles. The summed E-state index contributed by atoms with van der Waals surface area (Å²) < 4.78 is 33.3. The van der Waals surface area contributed by atoms with Crippen molar-refractivity contribution in [3.05, 3.63) is 23.3 Å². The Morgan fingerprint density at radius 1 is 1.30 bits per heavy atom. The molecule has 2 rings (SSSR count). The van der Waals surface area contributed by atoms with Crippen LogP contribution in [0.3, 0.4) is 0 Å². The van der Waals surface area contributed by atoms with Gasteiger partial charge in [0.2, 0.25) is 15.9 Å². The minimum Gasteiger partial charge on any atom is -0.496 e. The smallest absolute Gasteiger partial charge is 0.243 e. The molecule has 1 atom stereocenters. The maximum Gasteiger partial charge on any atom is 0.243 e. The summed E-state index contributed by atoms with van der Waals surface area (Å²) in [5.74, 6) is 0.555. The molecular weight excluding hydrogens is 390 g/mol. The number of piperidine rings is 1. The molecule has 0 radical (unpaired) electrons. The number of nitrogens with two attached hydrogens (primary N) is 1. The fourth-order valence-electron chi connectivity index (χ4n) is 3.46. The van der Waals surface area contributed by atoms with E-state index in [-0.39, 0.29) is 42.2 Å². The lowest BCUT2D eigenvalue weighted by Gasteiger charge is -2.35. The predicted octanol–water partition coefficient (Wildman–Crippen LogP) is 1.74. The number of sulfonamides is 1. The van der Waals surface area contributed by atoms with Crippen LogP contribution < -0.4 is 15.8 Å². The molecule has 3 N–H and O–H groups in total. The molecule has 1 aliphatic rings. The zero-order chi connectivity index (χ0) is 19.3. The summed E-state index contributed by atoms with van der Waals surface area (Å²) in [5, 5.41) is 2.80. The van der Waals surface area contributed by atoms with Gasteiger partial charge in [0.15, 0.2) is 0 Å². The first-order valence-electron chi connectivity index (χ1n) is 8.95. The van der Waals surface area contributed by atoms with Crippen LogP contribution >= 0.6 is 12.4 Å². The fraction of sp³-hybridized carbons (Fsp3) is 0.611. The first-order chi connectivity index (χ1) is 12.3. The van der Waals surface area contributed by atoms with Gasteiger partial charge in [-0.25, -0.2) is 8.42 Å². The molecule has 0 spiro atoms. The number of benzene rings is 1. The van der Waals surface area contributed by atoms with Crippen molar-refractivity contribution in [1.82, 2.24) is 9.62 Å². The average molecular weight is 420 g/mol. The lowest BCUT2D eigenvalue weighted by atomic mass is 10.1. The van der Waals surface area contributed by atoms with E-state index in [4.69, 9.17) is 10.5 Å². The Hall–Kier alpha value is -1.35. The van der Waals surface area contributed by atoms with Gasteiger partial charge in [-0.05, 0) is 49.9 Å². The van der Waals surface area contributed by atoms with Gasteiger partial charge in [-0.1, -0.05) is 6.42 Å². The van der Waals surface area contributed by atoms with Crippen molar-refractivity contribution >= 4 is 28.3 Å². The van der Waals surface area contributed by atoms with Crippen LogP contribution in [0.2, 0.25) is 0 Å². The number of nitrogens with one attached hydrogen (secondary N) is 1. The second kappa shape index (κ2) is 10.3. The molecule has 0 aliphatic carbocycles. The van der Waals surface area contributed by atoms with Crippen LogP contribution in [0, 0.1) is 13.8 Å². The van der Waals surface area contributed by atoms with Gasteiger partial charge in [0, 0.05) is 32.1 Å². The maximum absolute atomic E-state index is 13.2. The minimum atomic E-state index is -3.64. The zero-order valence-electron chi connectivity index (χ0n) is 16.2. The van der Waals surface area contributed by atoms with Crippen molar-refractivity contribution < 1.29 is 17.9 Å². The molecule has 0 aromatic heterocycles. The quantitative estimate of drug-likeness (QED) is 0.700. The SMILES string of the molecule is COc1c(C)cc(S(=O)(=O)N2CCCCC2CNC(=O)CCN)cc1C.Cl. The Morgan fingerprint density at radius 3 is 2.48 bits per heavy atom. The fourth-order valence-corrected chi connectivity index (χ4v) is 5.33. The van der Waals surface area contributed by atoms with E-state index < -0.39 is 10.0 Å². The standard InChI is InChI=1S/C18H29N3O4S.ClH/c1-13-10-16(11-14(2)18(13)25-3)26(23,24)21-9-5-4-6-15(21)12-20-17(22)7-8-19;/h10-11,15H,4-9,12,19H2,1-3H3,(H,20,22);1H. The number of hydrogen-bond acceptors (Lipinski definition) is 5. The number of amides is 1. The van der Waals surface area contributed by atoms with Crippen molar-refractivity contribution in [3.8, 4) is 5.75 Å². The van der Waals surface area contributed by atoms with Crippen molar-refractivity contribution in [3.63, 3.8) is 0 Å². The molecule has 1 aromatic rings. The Bertz CT molecular complexity index is 732. The number of carbonyl (C=O) groups is 1. The van der Waals surface area contributed by atoms with Crippen LogP contribution in [0.25, 0.3) is 0 Å². The summed E-state index contributed by atoms with van der Waals surface area (Å²) in [6.07, 6.45) is 2.75. The Morgan fingerprint density at radius 2 is 1.93 bits per heavy atom. The Kier molecular flexibility index (Phi) is 9.01. The molecule has 1 heterocycles. The first-order valence-corrected chi connectivity index (χ1v) is 10.4. The highest BCUT2D eigenvalue weighted by Gasteiger charge is 2.34.